The molecular weight excluding hydrogens is 194 g/mol. The number of nitrogens with two attached hydrogens (primary N) is 1. The molecule has 1 nitrogen and oxygen atoms in total. The summed E-state index contributed by atoms with van der Waals surface area (Å²) in [6, 6.07) is 0.475. The highest BCUT2D eigenvalue weighted by Gasteiger charge is 2.01. The maximum absolute atomic E-state index is 6.10. The van der Waals surface area contributed by atoms with Gasteiger partial charge in [0.25, 0.3) is 0 Å². The van der Waals surface area contributed by atoms with E-state index in [2.05, 4.69) is 13.8 Å². The molecule has 0 amide bonds. The highest BCUT2D eigenvalue weighted by Crippen LogP contribution is 2.11. The van der Waals surface area contributed by atoms with Crippen LogP contribution in [0.4, 0.5) is 0 Å². The van der Waals surface area contributed by atoms with Crippen molar-refractivity contribution in [2.24, 2.45) is 5.73 Å². The summed E-state index contributed by atoms with van der Waals surface area (Å²) < 4.78 is 0. The van der Waals surface area contributed by atoms with E-state index in [0.29, 0.717) is 6.04 Å². The molecule has 0 saturated heterocycles. The molecule has 0 heterocycles. The van der Waals surface area contributed by atoms with Gasteiger partial charge in [-0.1, -0.05) is 78.1 Å². The van der Waals surface area contributed by atoms with E-state index >= 15 is 0 Å². The minimum atomic E-state index is 0.475. The quantitative estimate of drug-likeness (QED) is 0.465. The lowest BCUT2D eigenvalue weighted by atomic mass is 10.0. The van der Waals surface area contributed by atoms with Gasteiger partial charge in [0.15, 0.2) is 0 Å². The first kappa shape index (κ1) is 16.0. The van der Waals surface area contributed by atoms with Gasteiger partial charge in [0.05, 0.1) is 0 Å². The van der Waals surface area contributed by atoms with Gasteiger partial charge in [-0.15, -0.1) is 0 Å². The Balaban J connectivity index is 3.09. The average Bonchev–Trinajstić information content (AvgIpc) is 2.28. The van der Waals surface area contributed by atoms with E-state index in [1.54, 1.807) is 0 Å². The first-order valence-electron chi connectivity index (χ1n) is 7.56. The Bertz CT molecular complexity index is 109. The molecule has 16 heavy (non-hydrogen) atoms. The number of rotatable bonds is 12. The first-order valence-corrected chi connectivity index (χ1v) is 7.56. The largest absolute Gasteiger partial charge is 0.328 e. The van der Waals surface area contributed by atoms with Gasteiger partial charge in [-0.2, -0.15) is 0 Å². The Hall–Kier alpha value is -0.0400. The molecule has 0 atom stereocenters. The molecule has 0 aliphatic heterocycles. The third-order valence-electron chi connectivity index (χ3n) is 3.36. The molecule has 2 N–H and O–H groups in total. The molecule has 0 bridgehead atoms. The smallest absolute Gasteiger partial charge is 0.00388 e. The normalized spacial score (nSPS) is 11.2. The van der Waals surface area contributed by atoms with E-state index in [1.807, 2.05) is 0 Å². The lowest BCUT2D eigenvalue weighted by Crippen LogP contribution is -2.19. The molecule has 0 aliphatic rings. The summed E-state index contributed by atoms with van der Waals surface area (Å²) in [5.74, 6) is 0. The summed E-state index contributed by atoms with van der Waals surface area (Å²) in [6.07, 6.45) is 16.2. The van der Waals surface area contributed by atoms with Crippen LogP contribution in [0.15, 0.2) is 0 Å². The second-order valence-electron chi connectivity index (χ2n) is 5.17. The van der Waals surface area contributed by atoms with E-state index in [0.717, 1.165) is 0 Å². The summed E-state index contributed by atoms with van der Waals surface area (Å²) in [5.41, 5.74) is 6.10. The summed E-state index contributed by atoms with van der Waals surface area (Å²) in [6.45, 7) is 4.53. The lowest BCUT2D eigenvalue weighted by Gasteiger charge is -2.10. The molecule has 0 fully saturated rings. The van der Waals surface area contributed by atoms with Gasteiger partial charge >= 0.3 is 0 Å². The second kappa shape index (κ2) is 13.0. The standard InChI is InChI=1S/C15H33N/c1-3-5-7-9-11-13-15(16)14-12-10-8-6-4-2/h15H,3-14,16H2,1-2H3. The molecule has 0 unspecified atom stereocenters. The summed E-state index contributed by atoms with van der Waals surface area (Å²) in [4.78, 5) is 0. The third-order valence-corrected chi connectivity index (χ3v) is 3.36. The van der Waals surface area contributed by atoms with Crippen molar-refractivity contribution in [2.45, 2.75) is 96.9 Å². The van der Waals surface area contributed by atoms with Crippen molar-refractivity contribution in [1.29, 1.82) is 0 Å². The summed E-state index contributed by atoms with van der Waals surface area (Å²) >= 11 is 0. The molecule has 98 valence electrons. The van der Waals surface area contributed by atoms with Crippen molar-refractivity contribution in [2.75, 3.05) is 0 Å². The van der Waals surface area contributed by atoms with Gasteiger partial charge < -0.3 is 5.73 Å². The molecule has 0 spiro atoms. The van der Waals surface area contributed by atoms with E-state index in [1.165, 1.54) is 77.0 Å². The van der Waals surface area contributed by atoms with Crippen molar-refractivity contribution in [3.63, 3.8) is 0 Å². The highest BCUT2D eigenvalue weighted by molar-refractivity contribution is 4.61. The molecule has 0 aromatic heterocycles. The maximum Gasteiger partial charge on any atom is 0.00388 e. The van der Waals surface area contributed by atoms with Gasteiger partial charge in [-0.25, -0.2) is 0 Å². The van der Waals surface area contributed by atoms with Crippen LogP contribution < -0.4 is 5.73 Å². The maximum atomic E-state index is 6.10. The number of hydrogen-bond donors (Lipinski definition) is 1. The van der Waals surface area contributed by atoms with Crippen molar-refractivity contribution in [3.8, 4) is 0 Å². The summed E-state index contributed by atoms with van der Waals surface area (Å²) in [7, 11) is 0. The van der Waals surface area contributed by atoms with Crippen molar-refractivity contribution in [1.82, 2.24) is 0 Å². The third kappa shape index (κ3) is 12.0. The Morgan fingerprint density at radius 2 is 1.00 bits per heavy atom. The highest BCUT2D eigenvalue weighted by atomic mass is 14.6. The van der Waals surface area contributed by atoms with Crippen LogP contribution in [0.1, 0.15) is 90.9 Å². The van der Waals surface area contributed by atoms with Crippen LogP contribution in [0, 0.1) is 0 Å². The van der Waals surface area contributed by atoms with Gasteiger partial charge in [-0.05, 0) is 12.8 Å². The minimum absolute atomic E-state index is 0.475. The van der Waals surface area contributed by atoms with E-state index in [4.69, 9.17) is 5.73 Å². The SMILES string of the molecule is CCCCCCCC(N)CCCCCCC. The Kier molecular flexibility index (Phi) is 13.0. The zero-order valence-corrected chi connectivity index (χ0v) is 11.6. The molecule has 0 radical (unpaired) electrons. The number of hydrogen-bond acceptors (Lipinski definition) is 1. The van der Waals surface area contributed by atoms with E-state index in [9.17, 15) is 0 Å². The van der Waals surface area contributed by atoms with Crippen LogP contribution in [0.3, 0.4) is 0 Å². The molecular formula is C15H33N. The van der Waals surface area contributed by atoms with Crippen molar-refractivity contribution >= 4 is 0 Å². The fourth-order valence-corrected chi connectivity index (χ4v) is 2.16. The second-order valence-corrected chi connectivity index (χ2v) is 5.17. The molecule has 0 aromatic carbocycles. The van der Waals surface area contributed by atoms with Crippen LogP contribution >= 0.6 is 0 Å². The topological polar surface area (TPSA) is 26.0 Å². The molecule has 0 aliphatic carbocycles. The van der Waals surface area contributed by atoms with Crippen LogP contribution in [-0.2, 0) is 0 Å². The van der Waals surface area contributed by atoms with Crippen LogP contribution in [-0.4, -0.2) is 6.04 Å². The fourth-order valence-electron chi connectivity index (χ4n) is 2.16. The molecule has 1 heteroatoms. The van der Waals surface area contributed by atoms with E-state index in [-0.39, 0.29) is 0 Å². The number of unbranched alkanes of at least 4 members (excludes halogenated alkanes) is 8. The predicted molar refractivity (Wildman–Crippen MR) is 74.7 cm³/mol. The molecule has 0 saturated carbocycles. The van der Waals surface area contributed by atoms with Gasteiger partial charge in [0, 0.05) is 6.04 Å². The fraction of sp³-hybridized carbons (Fsp3) is 1.00. The summed E-state index contributed by atoms with van der Waals surface area (Å²) in [5, 5.41) is 0. The Labute approximate surface area is 103 Å². The Morgan fingerprint density at radius 3 is 1.38 bits per heavy atom. The van der Waals surface area contributed by atoms with Gasteiger partial charge in [-0.3, -0.25) is 0 Å². The van der Waals surface area contributed by atoms with Gasteiger partial charge in [0.2, 0.25) is 0 Å². The molecule has 0 rings (SSSR count). The van der Waals surface area contributed by atoms with Crippen LogP contribution in [0.25, 0.3) is 0 Å². The van der Waals surface area contributed by atoms with Crippen molar-refractivity contribution in [3.05, 3.63) is 0 Å². The zero-order chi connectivity index (χ0) is 12.1. The first-order chi connectivity index (χ1) is 7.81. The van der Waals surface area contributed by atoms with Gasteiger partial charge in [0.1, 0.15) is 0 Å². The van der Waals surface area contributed by atoms with E-state index < -0.39 is 0 Å². The average molecular weight is 227 g/mol. The van der Waals surface area contributed by atoms with Crippen LogP contribution in [0.5, 0.6) is 0 Å². The monoisotopic (exact) mass is 227 g/mol. The minimum Gasteiger partial charge on any atom is -0.328 e. The lowest BCUT2D eigenvalue weighted by molar-refractivity contribution is 0.487. The van der Waals surface area contributed by atoms with Crippen molar-refractivity contribution < 1.29 is 0 Å². The van der Waals surface area contributed by atoms with Crippen LogP contribution in [0.2, 0.25) is 0 Å². The molecule has 0 aromatic rings. The predicted octanol–water partition coefficient (Wildman–Crippen LogP) is 5.03. The Morgan fingerprint density at radius 1 is 0.625 bits per heavy atom. The zero-order valence-electron chi connectivity index (χ0n) is 11.6.